The summed E-state index contributed by atoms with van der Waals surface area (Å²) in [5.41, 5.74) is -0.381. The van der Waals surface area contributed by atoms with Gasteiger partial charge in [-0.3, -0.25) is 14.4 Å². The van der Waals surface area contributed by atoms with Crippen molar-refractivity contribution in [1.82, 2.24) is 14.7 Å². The molecule has 4 aliphatic heterocycles. The minimum absolute atomic E-state index is 0.0207. The third-order valence-electron chi connectivity index (χ3n) is 7.99. The fourth-order valence-electron chi connectivity index (χ4n) is 7.08. The van der Waals surface area contributed by atoms with E-state index >= 15 is 0 Å². The summed E-state index contributed by atoms with van der Waals surface area (Å²) in [7, 11) is 0. The minimum Gasteiger partial charge on any atom is -0.396 e. The van der Waals surface area contributed by atoms with E-state index in [-0.39, 0.29) is 35.0 Å². The predicted octanol–water partition coefficient (Wildman–Crippen LogP) is 3.09. The number of likely N-dealkylation sites (tertiary alicyclic amines) is 1. The molecular formula is C28H43N3O4S. The van der Waals surface area contributed by atoms with Gasteiger partial charge in [0, 0.05) is 43.6 Å². The van der Waals surface area contributed by atoms with Crippen LogP contribution in [0.25, 0.3) is 0 Å². The van der Waals surface area contributed by atoms with Gasteiger partial charge in [0.15, 0.2) is 0 Å². The first-order valence-electron chi connectivity index (χ1n) is 13.4. The molecular weight excluding hydrogens is 474 g/mol. The van der Waals surface area contributed by atoms with Gasteiger partial charge in [-0.25, -0.2) is 0 Å². The standard InChI is InChI=1S/C28H43N3O4S/c1-7-13-29-14-8-11-19-20(23(29)33)21-24(34)30(15-10-17-32)22-25(35)31(16-9-12-28(21,22)36-19)27(5,6)18-26(2,3)4/h8-9,11-12,19-22,32H,7,10,13-18H2,1-6H3/t19-,20+,21+,22?,28+/m1/s1. The van der Waals surface area contributed by atoms with Gasteiger partial charge in [0.25, 0.3) is 0 Å². The van der Waals surface area contributed by atoms with Gasteiger partial charge in [0.1, 0.15) is 6.04 Å². The number of carbonyl (C=O) groups excluding carboxylic acids is 3. The molecule has 4 aliphatic rings. The maximum Gasteiger partial charge on any atom is 0.247 e. The molecule has 0 bridgehead atoms. The highest BCUT2D eigenvalue weighted by molar-refractivity contribution is 8.02. The Morgan fingerprint density at radius 1 is 1.03 bits per heavy atom. The molecule has 8 heteroatoms. The van der Waals surface area contributed by atoms with E-state index in [0.717, 1.165) is 12.8 Å². The van der Waals surface area contributed by atoms with Crippen LogP contribution in [0.15, 0.2) is 24.3 Å². The second-order valence-corrected chi connectivity index (χ2v) is 14.1. The third-order valence-corrected chi connectivity index (χ3v) is 9.73. The summed E-state index contributed by atoms with van der Waals surface area (Å²) in [6.45, 7) is 14.8. The van der Waals surface area contributed by atoms with Gasteiger partial charge in [-0.15, -0.1) is 11.8 Å². The van der Waals surface area contributed by atoms with Crippen molar-refractivity contribution in [1.29, 1.82) is 0 Å². The normalized spacial score (nSPS) is 32.5. The quantitative estimate of drug-likeness (QED) is 0.525. The van der Waals surface area contributed by atoms with Crippen molar-refractivity contribution in [3.8, 4) is 0 Å². The summed E-state index contributed by atoms with van der Waals surface area (Å²) < 4.78 is -0.791. The molecule has 0 aromatic carbocycles. The van der Waals surface area contributed by atoms with Crippen LogP contribution in [0, 0.1) is 17.3 Å². The van der Waals surface area contributed by atoms with Crippen LogP contribution in [0.2, 0.25) is 0 Å². The maximum absolute atomic E-state index is 14.4. The molecule has 2 fully saturated rings. The lowest BCUT2D eigenvalue weighted by Crippen LogP contribution is -2.58. The van der Waals surface area contributed by atoms with Gasteiger partial charge >= 0.3 is 0 Å². The first kappa shape index (κ1) is 27.2. The van der Waals surface area contributed by atoms with Crippen LogP contribution in [0.4, 0.5) is 0 Å². The number of thioether (sulfide) groups is 1. The summed E-state index contributed by atoms with van der Waals surface area (Å²) in [4.78, 5) is 47.8. The van der Waals surface area contributed by atoms with Crippen molar-refractivity contribution in [2.75, 3.05) is 32.8 Å². The molecule has 1 N–H and O–H groups in total. The Labute approximate surface area is 220 Å². The molecule has 4 rings (SSSR count). The molecule has 0 saturated carbocycles. The van der Waals surface area contributed by atoms with Crippen LogP contribution in [0.1, 0.15) is 60.8 Å². The molecule has 7 nitrogen and oxygen atoms in total. The molecule has 5 atom stereocenters. The van der Waals surface area contributed by atoms with E-state index in [1.54, 1.807) is 16.7 Å². The molecule has 3 amide bonds. The predicted molar refractivity (Wildman–Crippen MR) is 143 cm³/mol. The van der Waals surface area contributed by atoms with Crippen molar-refractivity contribution in [3.63, 3.8) is 0 Å². The smallest absolute Gasteiger partial charge is 0.247 e. The molecule has 4 heterocycles. The molecule has 0 radical (unpaired) electrons. The van der Waals surface area contributed by atoms with Crippen molar-refractivity contribution in [2.45, 2.75) is 82.4 Å². The fraction of sp³-hybridized carbons (Fsp3) is 0.750. The number of fused-ring (bicyclic) bond motifs is 2. The van der Waals surface area contributed by atoms with Crippen molar-refractivity contribution in [3.05, 3.63) is 24.3 Å². The van der Waals surface area contributed by atoms with Gasteiger partial charge in [-0.1, -0.05) is 52.0 Å². The highest BCUT2D eigenvalue weighted by Crippen LogP contribution is 2.61. The Kier molecular flexibility index (Phi) is 7.43. The molecule has 200 valence electrons. The zero-order chi connectivity index (χ0) is 26.5. The Morgan fingerprint density at radius 2 is 1.75 bits per heavy atom. The molecule has 0 aromatic rings. The highest BCUT2D eigenvalue weighted by Gasteiger charge is 2.71. The van der Waals surface area contributed by atoms with E-state index in [0.29, 0.717) is 32.6 Å². The zero-order valence-corrected chi connectivity index (χ0v) is 23.5. The largest absolute Gasteiger partial charge is 0.396 e. The minimum atomic E-state index is -0.791. The van der Waals surface area contributed by atoms with E-state index in [2.05, 4.69) is 53.7 Å². The number of hydrogen-bond acceptors (Lipinski definition) is 5. The van der Waals surface area contributed by atoms with Crippen molar-refractivity contribution < 1.29 is 19.5 Å². The van der Waals surface area contributed by atoms with Gasteiger partial charge in [0.05, 0.1) is 16.6 Å². The average Bonchev–Trinajstić information content (AvgIpc) is 3.08. The van der Waals surface area contributed by atoms with E-state index < -0.39 is 28.2 Å². The number of aliphatic hydroxyl groups excluding tert-OH is 1. The molecule has 0 aromatic heterocycles. The number of rotatable bonds is 7. The summed E-state index contributed by atoms with van der Waals surface area (Å²) in [6, 6.07) is -0.683. The summed E-state index contributed by atoms with van der Waals surface area (Å²) in [5, 5.41) is 9.44. The second-order valence-electron chi connectivity index (χ2n) is 12.6. The van der Waals surface area contributed by atoms with Crippen LogP contribution < -0.4 is 0 Å². The maximum atomic E-state index is 14.4. The van der Waals surface area contributed by atoms with Crippen LogP contribution >= 0.6 is 11.8 Å². The second kappa shape index (κ2) is 9.82. The van der Waals surface area contributed by atoms with Crippen LogP contribution in [-0.2, 0) is 14.4 Å². The Morgan fingerprint density at radius 3 is 2.39 bits per heavy atom. The first-order chi connectivity index (χ1) is 16.9. The number of aliphatic hydroxyl groups is 1. The topological polar surface area (TPSA) is 81.2 Å². The number of carbonyl (C=O) groups is 3. The van der Waals surface area contributed by atoms with Crippen molar-refractivity contribution >= 4 is 29.5 Å². The molecule has 0 aliphatic carbocycles. The lowest BCUT2D eigenvalue weighted by Gasteiger charge is -2.44. The van der Waals surface area contributed by atoms with Gasteiger partial charge in [-0.2, -0.15) is 0 Å². The van der Waals surface area contributed by atoms with Gasteiger partial charge < -0.3 is 19.8 Å². The molecule has 1 unspecified atom stereocenters. The molecule has 36 heavy (non-hydrogen) atoms. The van der Waals surface area contributed by atoms with Crippen LogP contribution in [-0.4, -0.2) is 91.9 Å². The third kappa shape index (κ3) is 4.53. The van der Waals surface area contributed by atoms with Gasteiger partial charge in [0.2, 0.25) is 17.7 Å². The van der Waals surface area contributed by atoms with E-state index in [1.807, 2.05) is 22.0 Å². The lowest BCUT2D eigenvalue weighted by molar-refractivity contribution is -0.147. The SMILES string of the molecule is CCCN1CC=C[C@H]2S[C@]34C=CCN(C(C)(C)CC(C)(C)C)C(=O)C3N(CCCO)C(=O)[C@@H]4[C@H]2C1=O. The summed E-state index contributed by atoms with van der Waals surface area (Å²) >= 11 is 1.62. The Hall–Kier alpha value is -1.80. The van der Waals surface area contributed by atoms with Crippen LogP contribution in [0.3, 0.4) is 0 Å². The lowest BCUT2D eigenvalue weighted by atomic mass is 9.77. The summed E-state index contributed by atoms with van der Waals surface area (Å²) in [6.07, 6.45) is 10.3. The van der Waals surface area contributed by atoms with Crippen LogP contribution in [0.5, 0.6) is 0 Å². The molecule has 1 spiro atoms. The summed E-state index contributed by atoms with van der Waals surface area (Å²) in [5.74, 6) is -1.22. The van der Waals surface area contributed by atoms with Crippen molar-refractivity contribution in [2.24, 2.45) is 17.3 Å². The van der Waals surface area contributed by atoms with Gasteiger partial charge in [-0.05, 0) is 38.5 Å². The Balaban J connectivity index is 1.78. The highest BCUT2D eigenvalue weighted by atomic mass is 32.2. The zero-order valence-electron chi connectivity index (χ0n) is 22.7. The number of hydrogen-bond donors (Lipinski definition) is 1. The Bertz CT molecular complexity index is 955. The average molecular weight is 518 g/mol. The van der Waals surface area contributed by atoms with E-state index in [4.69, 9.17) is 0 Å². The van der Waals surface area contributed by atoms with E-state index in [1.165, 1.54) is 0 Å². The number of amides is 3. The first-order valence-corrected chi connectivity index (χ1v) is 14.3. The number of nitrogens with zero attached hydrogens (tertiary/aromatic N) is 3. The van der Waals surface area contributed by atoms with E-state index in [9.17, 15) is 19.5 Å². The monoisotopic (exact) mass is 517 g/mol. The fourth-order valence-corrected chi connectivity index (χ4v) is 9.09. The molecule has 2 saturated heterocycles.